The number of fused-ring (bicyclic) bond motifs is 1. The highest BCUT2D eigenvalue weighted by atomic mass is 32.1. The van der Waals surface area contributed by atoms with E-state index in [0.717, 1.165) is 60.5 Å². The number of rotatable bonds is 4. The summed E-state index contributed by atoms with van der Waals surface area (Å²) < 4.78 is 2.19. The fraction of sp³-hybridized carbons (Fsp3) is 0.560. The maximum atomic E-state index is 13.3. The molecule has 31 heavy (non-hydrogen) atoms. The molecule has 3 aliphatic rings. The van der Waals surface area contributed by atoms with Crippen molar-refractivity contribution in [3.05, 3.63) is 45.4 Å². The number of amides is 1. The summed E-state index contributed by atoms with van der Waals surface area (Å²) in [5.41, 5.74) is 2.78. The van der Waals surface area contributed by atoms with Gasteiger partial charge in [-0.15, -0.1) is 11.3 Å². The van der Waals surface area contributed by atoms with Crippen molar-refractivity contribution in [2.45, 2.75) is 77.3 Å². The second kappa shape index (κ2) is 8.05. The third-order valence-electron chi connectivity index (χ3n) is 7.06. The summed E-state index contributed by atoms with van der Waals surface area (Å²) in [6.07, 6.45) is 11.6. The molecule has 1 aliphatic heterocycles. The lowest BCUT2D eigenvalue weighted by atomic mass is 9.75. The predicted octanol–water partition coefficient (Wildman–Crippen LogP) is 5.59. The number of hydrogen-bond acceptors (Lipinski definition) is 4. The quantitative estimate of drug-likeness (QED) is 0.586. The summed E-state index contributed by atoms with van der Waals surface area (Å²) in [6, 6.07) is 4.30. The zero-order chi connectivity index (χ0) is 21.6. The van der Waals surface area contributed by atoms with E-state index in [-0.39, 0.29) is 23.1 Å². The van der Waals surface area contributed by atoms with Crippen LogP contribution >= 0.6 is 11.3 Å². The van der Waals surface area contributed by atoms with Gasteiger partial charge in [0.15, 0.2) is 5.78 Å². The molecule has 5 nitrogen and oxygen atoms in total. The third-order valence-corrected chi connectivity index (χ3v) is 7.89. The fourth-order valence-electron chi connectivity index (χ4n) is 5.63. The van der Waals surface area contributed by atoms with Gasteiger partial charge >= 0.3 is 0 Å². The van der Waals surface area contributed by atoms with Crippen LogP contribution in [0.25, 0.3) is 6.08 Å². The van der Waals surface area contributed by atoms with Gasteiger partial charge in [-0.25, -0.2) is 0 Å². The topological polar surface area (TPSA) is 55.2 Å². The van der Waals surface area contributed by atoms with E-state index in [2.05, 4.69) is 18.5 Å². The summed E-state index contributed by atoms with van der Waals surface area (Å²) >= 11 is 1.62. The number of nitrogens with zero attached hydrogens (tertiary/aromatic N) is 3. The van der Waals surface area contributed by atoms with Crippen LogP contribution in [0, 0.1) is 5.41 Å². The number of ketones is 1. The first-order valence-corrected chi connectivity index (χ1v) is 12.5. The zero-order valence-electron chi connectivity index (χ0n) is 18.5. The zero-order valence-corrected chi connectivity index (χ0v) is 19.3. The Hall–Kier alpha value is -2.21. The normalized spacial score (nSPS) is 23.7. The number of likely N-dealkylation sites (tertiary alicyclic amines) is 1. The SMILES string of the molecule is CC1(C)CC(=O)c2c([C@@H]3CCCN3C(=O)/C=C/c3cccs3)nn(C3CCCC3)c2C1. The highest BCUT2D eigenvalue weighted by molar-refractivity contribution is 7.10. The van der Waals surface area contributed by atoms with E-state index in [4.69, 9.17) is 5.10 Å². The van der Waals surface area contributed by atoms with Crippen LogP contribution in [-0.4, -0.2) is 32.9 Å². The highest BCUT2D eigenvalue weighted by Crippen LogP contribution is 2.43. The minimum atomic E-state index is -0.0953. The molecular formula is C25H31N3O2S. The molecule has 0 N–H and O–H groups in total. The number of Topliss-reactive ketones (excluding diaryl/α,β-unsaturated/α-hetero) is 1. The standard InChI is InChI=1S/C25H31N3O2S/c1-25(2)15-20-23(21(29)16-25)24(26-28(20)17-7-3-4-8-17)19-10-5-13-27(19)22(30)12-11-18-9-6-14-31-18/h6,9,11-12,14,17,19H,3-5,7-8,10,13,15-16H2,1-2H3/b12-11+/t19-/m0/s1. The lowest BCUT2D eigenvalue weighted by Gasteiger charge is -2.30. The molecule has 5 rings (SSSR count). The smallest absolute Gasteiger partial charge is 0.247 e. The van der Waals surface area contributed by atoms with Gasteiger partial charge in [0.05, 0.1) is 29.0 Å². The molecule has 0 aromatic carbocycles. The average molecular weight is 438 g/mol. The van der Waals surface area contributed by atoms with Crippen molar-refractivity contribution in [1.82, 2.24) is 14.7 Å². The molecule has 1 saturated heterocycles. The van der Waals surface area contributed by atoms with Crippen LogP contribution in [0.15, 0.2) is 23.6 Å². The second-order valence-corrected chi connectivity index (χ2v) is 11.0. The number of aromatic nitrogens is 2. The van der Waals surface area contributed by atoms with Crippen LogP contribution in [0.4, 0.5) is 0 Å². The van der Waals surface area contributed by atoms with Crippen LogP contribution in [0.2, 0.25) is 0 Å². The van der Waals surface area contributed by atoms with Crippen molar-refractivity contribution >= 4 is 29.1 Å². The summed E-state index contributed by atoms with van der Waals surface area (Å²) in [7, 11) is 0. The molecule has 2 aromatic heterocycles. The largest absolute Gasteiger partial charge is 0.330 e. The fourth-order valence-corrected chi connectivity index (χ4v) is 6.25. The van der Waals surface area contributed by atoms with E-state index in [1.807, 2.05) is 28.5 Å². The van der Waals surface area contributed by atoms with Gasteiger partial charge in [-0.1, -0.05) is 32.8 Å². The van der Waals surface area contributed by atoms with Crippen molar-refractivity contribution in [2.24, 2.45) is 5.41 Å². The van der Waals surface area contributed by atoms with Gasteiger partial charge in [0.1, 0.15) is 0 Å². The highest BCUT2D eigenvalue weighted by Gasteiger charge is 2.42. The Bertz CT molecular complexity index is 1010. The third kappa shape index (κ3) is 3.91. The van der Waals surface area contributed by atoms with E-state index in [1.165, 1.54) is 12.8 Å². The molecule has 0 spiro atoms. The van der Waals surface area contributed by atoms with Gasteiger partial charge in [0.25, 0.3) is 0 Å². The van der Waals surface area contributed by atoms with Crippen molar-refractivity contribution in [1.29, 1.82) is 0 Å². The van der Waals surface area contributed by atoms with Crippen molar-refractivity contribution in [2.75, 3.05) is 6.54 Å². The minimum Gasteiger partial charge on any atom is -0.330 e. The number of hydrogen-bond donors (Lipinski definition) is 0. The average Bonchev–Trinajstić information content (AvgIpc) is 3.51. The van der Waals surface area contributed by atoms with Gasteiger partial charge < -0.3 is 4.90 Å². The molecule has 6 heteroatoms. The van der Waals surface area contributed by atoms with E-state index < -0.39 is 0 Å². The Morgan fingerprint density at radius 1 is 1.19 bits per heavy atom. The second-order valence-electron chi connectivity index (χ2n) is 10.1. The molecule has 3 heterocycles. The summed E-state index contributed by atoms with van der Waals surface area (Å²) in [5.74, 6) is 0.225. The lowest BCUT2D eigenvalue weighted by Crippen LogP contribution is -2.32. The van der Waals surface area contributed by atoms with Gasteiger partial charge in [-0.3, -0.25) is 14.3 Å². The monoisotopic (exact) mass is 437 g/mol. The van der Waals surface area contributed by atoms with E-state index >= 15 is 0 Å². The van der Waals surface area contributed by atoms with Gasteiger partial charge in [-0.2, -0.15) is 5.10 Å². The number of carbonyl (C=O) groups is 2. The molecule has 2 fully saturated rings. The Labute approximate surface area is 188 Å². The van der Waals surface area contributed by atoms with Crippen LogP contribution < -0.4 is 0 Å². The first kappa shape index (κ1) is 20.7. The van der Waals surface area contributed by atoms with E-state index in [9.17, 15) is 9.59 Å². The molecule has 0 bridgehead atoms. The van der Waals surface area contributed by atoms with Crippen LogP contribution in [0.1, 0.15) is 97.5 Å². The van der Waals surface area contributed by atoms with E-state index in [1.54, 1.807) is 17.4 Å². The number of thiophene rings is 1. The maximum Gasteiger partial charge on any atom is 0.247 e. The van der Waals surface area contributed by atoms with Gasteiger partial charge in [0, 0.05) is 23.9 Å². The van der Waals surface area contributed by atoms with Crippen LogP contribution in [0.3, 0.4) is 0 Å². The van der Waals surface area contributed by atoms with E-state index in [0.29, 0.717) is 12.5 Å². The lowest BCUT2D eigenvalue weighted by molar-refractivity contribution is -0.126. The molecule has 0 unspecified atom stereocenters. The minimum absolute atomic E-state index is 0.0173. The van der Waals surface area contributed by atoms with Gasteiger partial charge in [-0.05, 0) is 55.0 Å². The Kier molecular flexibility index (Phi) is 5.37. The molecule has 0 radical (unpaired) electrons. The Morgan fingerprint density at radius 2 is 2.00 bits per heavy atom. The summed E-state index contributed by atoms with van der Waals surface area (Å²) in [4.78, 5) is 29.4. The summed E-state index contributed by atoms with van der Waals surface area (Å²) in [6.45, 7) is 5.09. The first-order chi connectivity index (χ1) is 14.9. The Balaban J connectivity index is 1.50. The van der Waals surface area contributed by atoms with Gasteiger partial charge in [0.2, 0.25) is 5.91 Å². The number of carbonyl (C=O) groups excluding carboxylic acids is 2. The van der Waals surface area contributed by atoms with Crippen molar-refractivity contribution < 1.29 is 9.59 Å². The molecule has 1 saturated carbocycles. The summed E-state index contributed by atoms with van der Waals surface area (Å²) in [5, 5.41) is 7.11. The first-order valence-electron chi connectivity index (χ1n) is 11.6. The maximum absolute atomic E-state index is 13.3. The van der Waals surface area contributed by atoms with Crippen LogP contribution in [-0.2, 0) is 11.2 Å². The molecule has 2 aliphatic carbocycles. The molecular weight excluding hydrogens is 406 g/mol. The molecule has 1 atom stereocenters. The molecule has 2 aromatic rings. The molecule has 1 amide bonds. The Morgan fingerprint density at radius 3 is 2.74 bits per heavy atom. The predicted molar refractivity (Wildman–Crippen MR) is 123 cm³/mol. The van der Waals surface area contributed by atoms with Crippen molar-refractivity contribution in [3.8, 4) is 0 Å². The molecule has 164 valence electrons. The van der Waals surface area contributed by atoms with Crippen LogP contribution in [0.5, 0.6) is 0 Å². The van der Waals surface area contributed by atoms with Crippen molar-refractivity contribution in [3.63, 3.8) is 0 Å².